The normalized spacial score (nSPS) is 16.3. The number of carbonyl (C=O) groups is 1. The molecule has 5 rings (SSSR count). The van der Waals surface area contributed by atoms with E-state index in [-0.39, 0.29) is 11.9 Å². The first-order chi connectivity index (χ1) is 15.6. The van der Waals surface area contributed by atoms with Crippen molar-refractivity contribution >= 4 is 22.8 Å². The molecule has 0 aliphatic carbocycles. The summed E-state index contributed by atoms with van der Waals surface area (Å²) in [5.74, 6) is 1.98. The van der Waals surface area contributed by atoms with Crippen LogP contribution in [0.15, 0.2) is 60.9 Å². The van der Waals surface area contributed by atoms with Crippen molar-refractivity contribution in [2.75, 3.05) is 18.8 Å². The number of carbonyl (C=O) groups excluding carboxylic acids is 1. The van der Waals surface area contributed by atoms with E-state index in [0.29, 0.717) is 18.0 Å². The smallest absolute Gasteiger partial charge is 0.219 e. The fourth-order valence-electron chi connectivity index (χ4n) is 4.20. The number of nitrogens with zero attached hydrogens (tertiary/aromatic N) is 5. The number of aromatic nitrogens is 4. The van der Waals surface area contributed by atoms with Gasteiger partial charge < -0.3 is 15.4 Å². The zero-order valence-corrected chi connectivity index (χ0v) is 17.8. The lowest BCUT2D eigenvalue weighted by molar-refractivity contribution is -0.130. The van der Waals surface area contributed by atoms with Crippen LogP contribution in [0.1, 0.15) is 25.8 Å². The molecule has 162 valence electrons. The van der Waals surface area contributed by atoms with E-state index in [1.165, 1.54) is 6.33 Å². The van der Waals surface area contributed by atoms with Gasteiger partial charge in [0, 0.05) is 25.6 Å². The van der Waals surface area contributed by atoms with Gasteiger partial charge in [-0.25, -0.2) is 14.6 Å². The van der Waals surface area contributed by atoms with Crippen LogP contribution in [0.5, 0.6) is 11.5 Å². The van der Waals surface area contributed by atoms with E-state index < -0.39 is 0 Å². The lowest BCUT2D eigenvalue weighted by Crippen LogP contribution is -2.39. The highest BCUT2D eigenvalue weighted by atomic mass is 16.5. The van der Waals surface area contributed by atoms with Crippen molar-refractivity contribution < 1.29 is 9.53 Å². The summed E-state index contributed by atoms with van der Waals surface area (Å²) in [4.78, 5) is 22.5. The van der Waals surface area contributed by atoms with Gasteiger partial charge in [0.25, 0.3) is 0 Å². The molecule has 1 fully saturated rings. The Bertz CT molecular complexity index is 1250. The van der Waals surface area contributed by atoms with Gasteiger partial charge in [0.15, 0.2) is 5.65 Å². The summed E-state index contributed by atoms with van der Waals surface area (Å²) < 4.78 is 7.81. The summed E-state index contributed by atoms with van der Waals surface area (Å²) in [7, 11) is 0. The molecule has 1 atom stereocenters. The number of nitrogens with two attached hydrogens (primary N) is 1. The van der Waals surface area contributed by atoms with E-state index in [2.05, 4.69) is 9.97 Å². The number of anilines is 1. The van der Waals surface area contributed by atoms with E-state index in [1.54, 1.807) is 6.92 Å². The van der Waals surface area contributed by atoms with Gasteiger partial charge in [0.05, 0.1) is 11.4 Å². The number of likely N-dealkylation sites (tertiary alicyclic amines) is 1. The molecule has 2 aromatic heterocycles. The van der Waals surface area contributed by atoms with Crippen LogP contribution >= 0.6 is 0 Å². The molecule has 1 saturated heterocycles. The van der Waals surface area contributed by atoms with E-state index in [9.17, 15) is 4.79 Å². The molecule has 0 spiro atoms. The zero-order chi connectivity index (χ0) is 22.1. The number of amides is 1. The van der Waals surface area contributed by atoms with Crippen molar-refractivity contribution in [1.82, 2.24) is 24.6 Å². The maximum Gasteiger partial charge on any atom is 0.219 e. The van der Waals surface area contributed by atoms with Crippen molar-refractivity contribution in [3.8, 4) is 22.8 Å². The lowest BCUT2D eigenvalue weighted by Gasteiger charge is -2.32. The minimum Gasteiger partial charge on any atom is -0.457 e. The van der Waals surface area contributed by atoms with Gasteiger partial charge >= 0.3 is 0 Å². The number of piperidine rings is 1. The second-order valence-corrected chi connectivity index (χ2v) is 7.95. The molecule has 0 bridgehead atoms. The molecule has 32 heavy (non-hydrogen) atoms. The third kappa shape index (κ3) is 3.75. The number of ether oxygens (including phenoxy) is 1. The maximum absolute atomic E-state index is 11.9. The highest BCUT2D eigenvalue weighted by Crippen LogP contribution is 2.34. The quantitative estimate of drug-likeness (QED) is 0.526. The Kier molecular flexibility index (Phi) is 5.18. The Balaban J connectivity index is 1.51. The predicted octanol–water partition coefficient (Wildman–Crippen LogP) is 4.05. The van der Waals surface area contributed by atoms with Crippen molar-refractivity contribution in [2.24, 2.45) is 0 Å². The van der Waals surface area contributed by atoms with Gasteiger partial charge in [-0.15, -0.1) is 0 Å². The average molecular weight is 428 g/mol. The summed E-state index contributed by atoms with van der Waals surface area (Å²) in [5.41, 5.74) is 8.56. The summed E-state index contributed by atoms with van der Waals surface area (Å²) >= 11 is 0. The second kappa shape index (κ2) is 8.30. The third-order valence-electron chi connectivity index (χ3n) is 5.81. The van der Waals surface area contributed by atoms with Crippen LogP contribution in [0.2, 0.25) is 0 Å². The van der Waals surface area contributed by atoms with Crippen molar-refractivity contribution in [3.05, 3.63) is 60.9 Å². The fraction of sp³-hybridized carbons (Fsp3) is 0.250. The summed E-state index contributed by atoms with van der Waals surface area (Å²) in [6, 6.07) is 17.4. The standard InChI is InChI=1S/C24H24N6O2/c1-16(31)29-13-5-6-18(14-29)30-24-21(23(25)26-15-27-24)22(28-30)17-9-11-20(12-10-17)32-19-7-3-2-4-8-19/h2-4,7-12,15,18H,5-6,13-14H2,1H3,(H2,25,26,27)/t18-/m0/s1. The van der Waals surface area contributed by atoms with E-state index in [4.69, 9.17) is 15.6 Å². The number of benzene rings is 2. The molecule has 1 aliphatic heterocycles. The van der Waals surface area contributed by atoms with Crippen LogP contribution in [-0.4, -0.2) is 43.6 Å². The van der Waals surface area contributed by atoms with E-state index >= 15 is 0 Å². The Morgan fingerprint density at radius 3 is 2.56 bits per heavy atom. The van der Waals surface area contributed by atoms with E-state index in [0.717, 1.165) is 47.5 Å². The van der Waals surface area contributed by atoms with Gasteiger partial charge in [0.2, 0.25) is 5.91 Å². The Labute approximate surface area is 185 Å². The largest absolute Gasteiger partial charge is 0.457 e. The average Bonchev–Trinajstić information content (AvgIpc) is 3.21. The van der Waals surface area contributed by atoms with Crippen LogP contribution in [0.25, 0.3) is 22.3 Å². The number of para-hydroxylation sites is 1. The SMILES string of the molecule is CC(=O)N1CCC[C@H](n2nc(-c3ccc(Oc4ccccc4)cc3)c3c(N)ncnc32)C1. The Morgan fingerprint density at radius 2 is 1.81 bits per heavy atom. The predicted molar refractivity (Wildman–Crippen MR) is 122 cm³/mol. The first kappa shape index (κ1) is 20.0. The van der Waals surface area contributed by atoms with Gasteiger partial charge in [0.1, 0.15) is 29.3 Å². The molecule has 8 nitrogen and oxygen atoms in total. The highest BCUT2D eigenvalue weighted by Gasteiger charge is 2.27. The first-order valence-electron chi connectivity index (χ1n) is 10.7. The highest BCUT2D eigenvalue weighted by molar-refractivity contribution is 5.98. The maximum atomic E-state index is 11.9. The molecule has 2 N–H and O–H groups in total. The van der Waals surface area contributed by atoms with Crippen LogP contribution < -0.4 is 10.5 Å². The fourth-order valence-corrected chi connectivity index (χ4v) is 4.20. The molecule has 4 aromatic rings. The van der Waals surface area contributed by atoms with E-state index in [1.807, 2.05) is 64.2 Å². The second-order valence-electron chi connectivity index (χ2n) is 7.95. The molecule has 1 amide bonds. The minimum atomic E-state index is 0.0406. The summed E-state index contributed by atoms with van der Waals surface area (Å²) in [6.07, 6.45) is 3.31. The molecular formula is C24H24N6O2. The molecule has 1 aliphatic rings. The topological polar surface area (TPSA) is 99.2 Å². The van der Waals surface area contributed by atoms with Crippen LogP contribution in [-0.2, 0) is 4.79 Å². The van der Waals surface area contributed by atoms with Crippen molar-refractivity contribution in [3.63, 3.8) is 0 Å². The number of rotatable bonds is 4. The van der Waals surface area contributed by atoms with Crippen LogP contribution in [0.4, 0.5) is 5.82 Å². The van der Waals surface area contributed by atoms with Crippen molar-refractivity contribution in [2.45, 2.75) is 25.8 Å². The van der Waals surface area contributed by atoms with Gasteiger partial charge in [-0.1, -0.05) is 18.2 Å². The number of nitrogen functional groups attached to an aromatic ring is 1. The van der Waals surface area contributed by atoms with Crippen LogP contribution in [0, 0.1) is 0 Å². The Hall–Kier alpha value is -3.94. The molecule has 3 heterocycles. The number of fused-ring (bicyclic) bond motifs is 1. The lowest BCUT2D eigenvalue weighted by atomic mass is 10.1. The zero-order valence-electron chi connectivity index (χ0n) is 17.8. The third-order valence-corrected chi connectivity index (χ3v) is 5.81. The summed E-state index contributed by atoms with van der Waals surface area (Å²) in [6.45, 7) is 2.99. The first-order valence-corrected chi connectivity index (χ1v) is 10.7. The van der Waals surface area contributed by atoms with Gasteiger partial charge in [-0.3, -0.25) is 4.79 Å². The Morgan fingerprint density at radius 1 is 1.06 bits per heavy atom. The minimum absolute atomic E-state index is 0.0406. The number of hydrogen-bond donors (Lipinski definition) is 1. The monoisotopic (exact) mass is 428 g/mol. The van der Waals surface area contributed by atoms with Crippen LogP contribution in [0.3, 0.4) is 0 Å². The molecule has 0 saturated carbocycles. The van der Waals surface area contributed by atoms with Gasteiger partial charge in [-0.05, 0) is 49.2 Å². The van der Waals surface area contributed by atoms with Gasteiger partial charge in [-0.2, -0.15) is 5.10 Å². The molecule has 2 aromatic carbocycles. The molecular weight excluding hydrogens is 404 g/mol. The summed E-state index contributed by atoms with van der Waals surface area (Å²) in [5, 5.41) is 5.63. The van der Waals surface area contributed by atoms with Crippen molar-refractivity contribution in [1.29, 1.82) is 0 Å². The molecule has 8 heteroatoms. The number of hydrogen-bond acceptors (Lipinski definition) is 6. The molecule has 0 unspecified atom stereocenters. The molecule has 0 radical (unpaired) electrons.